The molecule has 0 radical (unpaired) electrons. The SMILES string of the molecule is NNC(c1cnccc1N)C1COc2ccccc2O1. The quantitative estimate of drug-likeness (QED) is 0.570. The Balaban J connectivity index is 1.87. The van der Waals surface area contributed by atoms with E-state index in [1.165, 1.54) is 0 Å². The zero-order chi connectivity index (χ0) is 13.9. The van der Waals surface area contributed by atoms with Crippen molar-refractivity contribution in [3.63, 3.8) is 0 Å². The summed E-state index contributed by atoms with van der Waals surface area (Å²) in [5.74, 6) is 7.09. The van der Waals surface area contributed by atoms with Crippen molar-refractivity contribution >= 4 is 5.69 Å². The van der Waals surface area contributed by atoms with E-state index in [4.69, 9.17) is 21.1 Å². The first kappa shape index (κ1) is 12.7. The molecular weight excluding hydrogens is 256 g/mol. The van der Waals surface area contributed by atoms with E-state index in [1.807, 2.05) is 24.3 Å². The maximum Gasteiger partial charge on any atom is 0.161 e. The molecule has 2 unspecified atom stereocenters. The Hall–Kier alpha value is -2.31. The number of pyridine rings is 1. The molecule has 1 aromatic carbocycles. The molecule has 0 amide bonds. The summed E-state index contributed by atoms with van der Waals surface area (Å²) in [6.45, 7) is 0.389. The monoisotopic (exact) mass is 272 g/mol. The van der Waals surface area contributed by atoms with E-state index < -0.39 is 0 Å². The highest BCUT2D eigenvalue weighted by atomic mass is 16.6. The van der Waals surface area contributed by atoms with Crippen molar-refractivity contribution in [3.05, 3.63) is 48.3 Å². The van der Waals surface area contributed by atoms with Crippen molar-refractivity contribution in [2.45, 2.75) is 12.1 Å². The number of hydrogen-bond donors (Lipinski definition) is 3. The van der Waals surface area contributed by atoms with Gasteiger partial charge in [0.05, 0.1) is 6.04 Å². The maximum absolute atomic E-state index is 5.97. The molecule has 1 aromatic heterocycles. The van der Waals surface area contributed by atoms with Gasteiger partial charge in [0.2, 0.25) is 0 Å². The molecule has 3 rings (SSSR count). The van der Waals surface area contributed by atoms with Gasteiger partial charge in [0.1, 0.15) is 6.61 Å². The van der Waals surface area contributed by atoms with E-state index in [2.05, 4.69) is 10.4 Å². The van der Waals surface area contributed by atoms with Gasteiger partial charge >= 0.3 is 0 Å². The predicted molar refractivity (Wildman–Crippen MR) is 75.1 cm³/mol. The van der Waals surface area contributed by atoms with Crippen LogP contribution in [0.2, 0.25) is 0 Å². The fourth-order valence-corrected chi connectivity index (χ4v) is 2.27. The standard InChI is InChI=1S/C14H16N4O2/c15-10-5-6-17-7-9(10)14(18-16)13-8-19-11-3-1-2-4-12(11)20-13/h1-7,13-14,18H,8,16H2,(H2,15,17). The van der Waals surface area contributed by atoms with E-state index in [0.29, 0.717) is 18.0 Å². The van der Waals surface area contributed by atoms with Crippen molar-refractivity contribution in [3.8, 4) is 11.5 Å². The van der Waals surface area contributed by atoms with Gasteiger partial charge in [-0.25, -0.2) is 5.43 Å². The molecule has 0 fully saturated rings. The van der Waals surface area contributed by atoms with Crippen LogP contribution in [0.5, 0.6) is 11.5 Å². The van der Waals surface area contributed by atoms with Gasteiger partial charge in [0.15, 0.2) is 17.6 Å². The largest absolute Gasteiger partial charge is 0.486 e. The highest BCUT2D eigenvalue weighted by Gasteiger charge is 2.30. The zero-order valence-electron chi connectivity index (χ0n) is 10.8. The molecule has 2 heterocycles. The maximum atomic E-state index is 5.97. The summed E-state index contributed by atoms with van der Waals surface area (Å²) in [4.78, 5) is 4.08. The number of fused-ring (bicyclic) bond motifs is 1. The summed E-state index contributed by atoms with van der Waals surface area (Å²) in [6, 6.07) is 8.97. The number of benzene rings is 1. The van der Waals surface area contributed by atoms with Crippen LogP contribution >= 0.6 is 0 Å². The molecule has 5 N–H and O–H groups in total. The molecule has 6 heteroatoms. The number of nitrogens with one attached hydrogen (secondary N) is 1. The molecule has 104 valence electrons. The second-order valence-electron chi connectivity index (χ2n) is 4.56. The number of hydrogen-bond acceptors (Lipinski definition) is 6. The summed E-state index contributed by atoms with van der Waals surface area (Å²) in [5, 5.41) is 0. The number of nitrogens with two attached hydrogens (primary N) is 2. The van der Waals surface area contributed by atoms with Gasteiger partial charge in [-0.15, -0.1) is 0 Å². The van der Waals surface area contributed by atoms with E-state index in [9.17, 15) is 0 Å². The first-order valence-corrected chi connectivity index (χ1v) is 6.33. The van der Waals surface area contributed by atoms with Crippen molar-refractivity contribution in [1.82, 2.24) is 10.4 Å². The lowest BCUT2D eigenvalue weighted by atomic mass is 10.0. The number of hydrazine groups is 1. The van der Waals surface area contributed by atoms with Crippen LogP contribution in [0.25, 0.3) is 0 Å². The van der Waals surface area contributed by atoms with Crippen LogP contribution in [0, 0.1) is 0 Å². The minimum atomic E-state index is -0.294. The molecule has 0 saturated carbocycles. The number of para-hydroxylation sites is 2. The minimum absolute atomic E-state index is 0.276. The lowest BCUT2D eigenvalue weighted by molar-refractivity contribution is 0.0618. The first-order valence-electron chi connectivity index (χ1n) is 6.33. The van der Waals surface area contributed by atoms with Crippen molar-refractivity contribution in [2.75, 3.05) is 12.3 Å². The van der Waals surface area contributed by atoms with Crippen LogP contribution in [0.1, 0.15) is 11.6 Å². The van der Waals surface area contributed by atoms with Crippen LogP contribution in [0.3, 0.4) is 0 Å². The second-order valence-corrected chi connectivity index (χ2v) is 4.56. The van der Waals surface area contributed by atoms with Gasteiger partial charge in [-0.05, 0) is 18.2 Å². The van der Waals surface area contributed by atoms with Crippen molar-refractivity contribution in [2.24, 2.45) is 5.84 Å². The third-order valence-electron chi connectivity index (χ3n) is 3.30. The number of nitrogens with zero attached hydrogens (tertiary/aromatic N) is 1. The Kier molecular flexibility index (Phi) is 3.41. The number of aromatic nitrogens is 1. The lowest BCUT2D eigenvalue weighted by Gasteiger charge is -2.32. The van der Waals surface area contributed by atoms with E-state index in [0.717, 1.165) is 11.3 Å². The topological polar surface area (TPSA) is 95.4 Å². The molecule has 0 bridgehead atoms. The Bertz CT molecular complexity index is 605. The number of anilines is 1. The van der Waals surface area contributed by atoms with E-state index in [1.54, 1.807) is 18.5 Å². The molecule has 2 atom stereocenters. The Labute approximate surface area is 116 Å². The highest BCUT2D eigenvalue weighted by molar-refractivity contribution is 5.47. The van der Waals surface area contributed by atoms with Gasteiger partial charge in [-0.2, -0.15) is 0 Å². The smallest absolute Gasteiger partial charge is 0.161 e. The Morgan fingerprint density at radius 3 is 2.80 bits per heavy atom. The van der Waals surface area contributed by atoms with Crippen molar-refractivity contribution < 1.29 is 9.47 Å². The van der Waals surface area contributed by atoms with Gasteiger partial charge in [-0.3, -0.25) is 10.8 Å². The molecule has 6 nitrogen and oxygen atoms in total. The summed E-state index contributed by atoms with van der Waals surface area (Å²) < 4.78 is 11.6. The average Bonchev–Trinajstić information content (AvgIpc) is 2.50. The Morgan fingerprint density at radius 1 is 1.25 bits per heavy atom. The predicted octanol–water partition coefficient (Wildman–Crippen LogP) is 1.01. The molecule has 0 aliphatic carbocycles. The fourth-order valence-electron chi connectivity index (χ4n) is 2.27. The van der Waals surface area contributed by atoms with Crippen LogP contribution in [-0.2, 0) is 0 Å². The highest BCUT2D eigenvalue weighted by Crippen LogP contribution is 2.34. The molecule has 1 aliphatic heterocycles. The zero-order valence-corrected chi connectivity index (χ0v) is 10.8. The first-order chi connectivity index (χ1) is 9.79. The summed E-state index contributed by atoms with van der Waals surface area (Å²) in [7, 11) is 0. The molecule has 0 spiro atoms. The van der Waals surface area contributed by atoms with Gasteiger partial charge in [-0.1, -0.05) is 12.1 Å². The Morgan fingerprint density at radius 2 is 2.05 bits per heavy atom. The third kappa shape index (κ3) is 2.26. The summed E-state index contributed by atoms with van der Waals surface area (Å²) in [6.07, 6.45) is 3.05. The number of rotatable bonds is 3. The summed E-state index contributed by atoms with van der Waals surface area (Å²) >= 11 is 0. The fraction of sp³-hybridized carbons (Fsp3) is 0.214. The van der Waals surface area contributed by atoms with Crippen LogP contribution in [0.15, 0.2) is 42.7 Å². The van der Waals surface area contributed by atoms with Gasteiger partial charge < -0.3 is 15.2 Å². The van der Waals surface area contributed by atoms with Gasteiger partial charge in [0.25, 0.3) is 0 Å². The van der Waals surface area contributed by atoms with Crippen molar-refractivity contribution in [1.29, 1.82) is 0 Å². The van der Waals surface area contributed by atoms with E-state index in [-0.39, 0.29) is 12.1 Å². The minimum Gasteiger partial charge on any atom is -0.486 e. The van der Waals surface area contributed by atoms with Crippen LogP contribution in [0.4, 0.5) is 5.69 Å². The van der Waals surface area contributed by atoms with Crippen LogP contribution in [-0.4, -0.2) is 17.7 Å². The number of nitrogen functional groups attached to an aromatic ring is 1. The molecular formula is C14H16N4O2. The molecule has 20 heavy (non-hydrogen) atoms. The average molecular weight is 272 g/mol. The number of ether oxygens (including phenoxy) is 2. The molecule has 2 aromatic rings. The summed E-state index contributed by atoms with van der Waals surface area (Å²) in [5.41, 5.74) is 10.1. The third-order valence-corrected chi connectivity index (χ3v) is 3.30. The second kappa shape index (κ2) is 5.36. The molecule has 0 saturated heterocycles. The molecule has 1 aliphatic rings. The van der Waals surface area contributed by atoms with E-state index >= 15 is 0 Å². The van der Waals surface area contributed by atoms with Gasteiger partial charge in [0, 0.05) is 23.6 Å². The lowest BCUT2D eigenvalue weighted by Crippen LogP contribution is -2.44. The normalized spacial score (nSPS) is 18.6. The van der Waals surface area contributed by atoms with Crippen LogP contribution < -0.4 is 26.5 Å².